The summed E-state index contributed by atoms with van der Waals surface area (Å²) in [7, 11) is 0. The van der Waals surface area contributed by atoms with Crippen LogP contribution in [0.5, 0.6) is 0 Å². The molecule has 0 bridgehead atoms. The van der Waals surface area contributed by atoms with E-state index < -0.39 is 5.97 Å². The predicted octanol–water partition coefficient (Wildman–Crippen LogP) is 2.85. The van der Waals surface area contributed by atoms with Crippen molar-refractivity contribution in [1.82, 2.24) is 4.98 Å². The van der Waals surface area contributed by atoms with Crippen LogP contribution in [0.4, 0.5) is 0 Å². The number of H-pyrrole nitrogens is 1. The van der Waals surface area contributed by atoms with Crippen LogP contribution in [-0.4, -0.2) is 28.2 Å². The fourth-order valence-electron chi connectivity index (χ4n) is 1.86. The molecular weight excluding hydrogens is 354 g/mol. The van der Waals surface area contributed by atoms with E-state index in [1.54, 1.807) is 6.92 Å². The van der Waals surface area contributed by atoms with E-state index in [9.17, 15) is 9.59 Å². The minimum atomic E-state index is -0.437. The van der Waals surface area contributed by atoms with Crippen LogP contribution in [0, 0.1) is 0 Å². The first-order valence-corrected chi connectivity index (χ1v) is 7.02. The zero-order chi connectivity index (χ0) is 12.6. The number of hydrogen-bond acceptors (Lipinski definition) is 3. The van der Waals surface area contributed by atoms with E-state index in [1.165, 1.54) is 0 Å². The molecule has 92 valence electrons. The maximum absolute atomic E-state index is 11.9. The van der Waals surface area contributed by atoms with Crippen molar-refractivity contribution in [3.05, 3.63) is 21.4 Å². The lowest BCUT2D eigenvalue weighted by Gasteiger charge is -2.15. The second kappa shape index (κ2) is 4.94. The Morgan fingerprint density at radius 3 is 2.94 bits per heavy atom. The van der Waals surface area contributed by atoms with Crippen LogP contribution in [0.3, 0.4) is 0 Å². The minimum absolute atomic E-state index is 0.0116. The molecule has 4 nitrogen and oxygen atoms in total. The molecule has 1 N–H and O–H groups in total. The molecule has 1 atom stereocenters. The number of hydrogen-bond donors (Lipinski definition) is 1. The number of carbonyl (C=O) groups excluding carboxylic acids is 2. The molecule has 1 aromatic rings. The molecule has 6 heteroatoms. The number of esters is 1. The van der Waals surface area contributed by atoms with Crippen molar-refractivity contribution < 1.29 is 14.3 Å². The number of alkyl halides is 1. The molecule has 0 spiro atoms. The Balaban J connectivity index is 2.42. The maximum Gasteiger partial charge on any atom is 0.355 e. The van der Waals surface area contributed by atoms with Crippen molar-refractivity contribution in [1.29, 1.82) is 0 Å². The molecule has 0 saturated heterocycles. The summed E-state index contributed by atoms with van der Waals surface area (Å²) >= 11 is 6.68. The van der Waals surface area contributed by atoms with Gasteiger partial charge in [-0.05, 0) is 41.3 Å². The van der Waals surface area contributed by atoms with Gasteiger partial charge in [0.1, 0.15) is 5.69 Å². The van der Waals surface area contributed by atoms with Crippen molar-refractivity contribution in [2.45, 2.75) is 24.6 Å². The average Bonchev–Trinajstić information content (AvgIpc) is 2.63. The fourth-order valence-corrected chi connectivity index (χ4v) is 2.98. The summed E-state index contributed by atoms with van der Waals surface area (Å²) in [6.45, 7) is 2.05. The number of nitrogens with one attached hydrogen (secondary N) is 1. The van der Waals surface area contributed by atoms with E-state index in [1.807, 2.05) is 0 Å². The van der Waals surface area contributed by atoms with Crippen molar-refractivity contribution >= 4 is 43.6 Å². The summed E-state index contributed by atoms with van der Waals surface area (Å²) in [6, 6.07) is 0. The maximum atomic E-state index is 11.9. The Kier molecular flexibility index (Phi) is 3.73. The van der Waals surface area contributed by atoms with Gasteiger partial charge in [-0.15, -0.1) is 0 Å². The molecule has 0 aliphatic heterocycles. The Hall–Kier alpha value is -0.620. The summed E-state index contributed by atoms with van der Waals surface area (Å²) < 4.78 is 5.58. The van der Waals surface area contributed by atoms with Gasteiger partial charge in [0.05, 0.1) is 21.6 Å². The van der Waals surface area contributed by atoms with Gasteiger partial charge in [-0.1, -0.05) is 15.9 Å². The zero-order valence-electron chi connectivity index (χ0n) is 9.18. The van der Waals surface area contributed by atoms with Gasteiger partial charge in [-0.3, -0.25) is 4.79 Å². The van der Waals surface area contributed by atoms with Crippen molar-refractivity contribution in [2.75, 3.05) is 6.61 Å². The lowest BCUT2D eigenvalue weighted by atomic mass is 9.97. The summed E-state index contributed by atoms with van der Waals surface area (Å²) in [6.07, 6.45) is 1.50. The van der Waals surface area contributed by atoms with Gasteiger partial charge in [-0.25, -0.2) is 4.79 Å². The number of halogens is 2. The molecule has 1 aliphatic carbocycles. The molecule has 1 unspecified atom stereocenters. The van der Waals surface area contributed by atoms with Gasteiger partial charge in [0.15, 0.2) is 5.78 Å². The standard InChI is InChI=1S/C11H11Br2NO3/c1-2-17-11(16)9-7(13)5-3-4-6(12)10(15)8(5)14-9/h6,14H,2-4H2,1H3. The van der Waals surface area contributed by atoms with Gasteiger partial charge >= 0.3 is 5.97 Å². The van der Waals surface area contributed by atoms with Crippen molar-refractivity contribution in [3.8, 4) is 0 Å². The first-order valence-electron chi connectivity index (χ1n) is 5.32. The summed E-state index contributed by atoms with van der Waals surface area (Å²) in [4.78, 5) is 26.3. The van der Waals surface area contributed by atoms with Gasteiger partial charge < -0.3 is 9.72 Å². The molecule has 0 saturated carbocycles. The van der Waals surface area contributed by atoms with Crippen LogP contribution in [0.2, 0.25) is 0 Å². The van der Waals surface area contributed by atoms with E-state index in [2.05, 4.69) is 36.8 Å². The van der Waals surface area contributed by atoms with Crippen LogP contribution in [0.15, 0.2) is 4.47 Å². The number of aromatic nitrogens is 1. The van der Waals surface area contributed by atoms with Crippen LogP contribution >= 0.6 is 31.9 Å². The number of ether oxygens (including phenoxy) is 1. The number of rotatable bonds is 2. The van der Waals surface area contributed by atoms with Gasteiger partial charge in [0.2, 0.25) is 0 Å². The number of carbonyl (C=O) groups is 2. The molecule has 0 radical (unpaired) electrons. The molecule has 0 amide bonds. The molecule has 2 rings (SSSR count). The number of fused-ring (bicyclic) bond motifs is 1. The molecule has 1 aromatic heterocycles. The lowest BCUT2D eigenvalue weighted by molar-refractivity contribution is 0.0519. The zero-order valence-corrected chi connectivity index (χ0v) is 12.4. The summed E-state index contributed by atoms with van der Waals surface area (Å²) in [5.74, 6) is -0.449. The molecule has 0 fully saturated rings. The topological polar surface area (TPSA) is 59.2 Å². The molecule has 17 heavy (non-hydrogen) atoms. The van der Waals surface area contributed by atoms with Crippen molar-refractivity contribution in [2.24, 2.45) is 0 Å². The van der Waals surface area contributed by atoms with Crippen LogP contribution < -0.4 is 0 Å². The largest absolute Gasteiger partial charge is 0.461 e. The van der Waals surface area contributed by atoms with Crippen LogP contribution in [0.1, 0.15) is 39.9 Å². The SMILES string of the molecule is CCOC(=O)c1[nH]c2c(c1Br)CCC(Br)C2=O. The highest BCUT2D eigenvalue weighted by molar-refractivity contribution is 9.10. The predicted molar refractivity (Wildman–Crippen MR) is 69.8 cm³/mol. The minimum Gasteiger partial charge on any atom is -0.461 e. The summed E-state index contributed by atoms with van der Waals surface area (Å²) in [5, 5.41) is 0. The average molecular weight is 365 g/mol. The third kappa shape index (κ3) is 2.20. The number of aromatic amines is 1. The second-order valence-electron chi connectivity index (χ2n) is 3.76. The fraction of sp³-hybridized carbons (Fsp3) is 0.455. The Morgan fingerprint density at radius 1 is 1.59 bits per heavy atom. The highest BCUT2D eigenvalue weighted by Gasteiger charge is 2.31. The smallest absolute Gasteiger partial charge is 0.355 e. The highest BCUT2D eigenvalue weighted by Crippen LogP contribution is 2.33. The van der Waals surface area contributed by atoms with E-state index in [0.29, 0.717) is 22.5 Å². The molecule has 0 aromatic carbocycles. The second-order valence-corrected chi connectivity index (χ2v) is 5.66. The molecule has 1 heterocycles. The van der Waals surface area contributed by atoms with Gasteiger partial charge in [0, 0.05) is 0 Å². The molecule has 1 aliphatic rings. The Labute approximate surface area is 115 Å². The number of Topliss-reactive ketones (excluding diaryl/α,β-unsaturated/α-hetero) is 1. The monoisotopic (exact) mass is 363 g/mol. The first-order chi connectivity index (χ1) is 8.06. The van der Waals surface area contributed by atoms with Gasteiger partial charge in [0.25, 0.3) is 0 Å². The Bertz CT molecular complexity index is 481. The molecular formula is C11H11Br2NO3. The Morgan fingerprint density at radius 2 is 2.29 bits per heavy atom. The quantitative estimate of drug-likeness (QED) is 0.648. The van der Waals surface area contributed by atoms with E-state index in [4.69, 9.17) is 4.74 Å². The van der Waals surface area contributed by atoms with E-state index in [-0.39, 0.29) is 10.6 Å². The van der Waals surface area contributed by atoms with Crippen molar-refractivity contribution in [3.63, 3.8) is 0 Å². The van der Waals surface area contributed by atoms with E-state index in [0.717, 1.165) is 18.4 Å². The third-order valence-electron chi connectivity index (χ3n) is 2.69. The normalized spacial score (nSPS) is 19.0. The highest BCUT2D eigenvalue weighted by atomic mass is 79.9. The number of ketones is 1. The third-order valence-corrected chi connectivity index (χ3v) is 4.44. The lowest BCUT2D eigenvalue weighted by Crippen LogP contribution is -2.22. The van der Waals surface area contributed by atoms with Crippen LogP contribution in [0.25, 0.3) is 0 Å². The summed E-state index contributed by atoms with van der Waals surface area (Å²) in [5.41, 5.74) is 1.70. The van der Waals surface area contributed by atoms with E-state index >= 15 is 0 Å². The first kappa shape index (κ1) is 12.8. The van der Waals surface area contributed by atoms with Crippen LogP contribution in [-0.2, 0) is 11.2 Å². The van der Waals surface area contributed by atoms with Gasteiger partial charge in [-0.2, -0.15) is 0 Å².